The predicted molar refractivity (Wildman–Crippen MR) is 76.5 cm³/mol. The summed E-state index contributed by atoms with van der Waals surface area (Å²) in [6, 6.07) is 10.6. The Labute approximate surface area is 117 Å². The van der Waals surface area contributed by atoms with Gasteiger partial charge >= 0.3 is 0 Å². The fourth-order valence-corrected chi connectivity index (χ4v) is 2.13. The predicted octanol–water partition coefficient (Wildman–Crippen LogP) is 2.58. The summed E-state index contributed by atoms with van der Waals surface area (Å²) in [5, 5.41) is 0. The van der Waals surface area contributed by atoms with Gasteiger partial charge in [0.05, 0.1) is 0 Å². The van der Waals surface area contributed by atoms with E-state index in [1.165, 1.54) is 0 Å². The third kappa shape index (κ3) is 2.20. The van der Waals surface area contributed by atoms with E-state index < -0.39 is 0 Å². The van der Waals surface area contributed by atoms with Crippen LogP contribution in [-0.2, 0) is 0 Å². The monoisotopic (exact) mass is 269 g/mol. The standard InChI is InChI=1S/C16H15NO3/c1-10-2-3-11(8-13(10)17)16(18)12-4-5-14-15(9-12)20-7-6-19-14/h2-5,8-9H,6-7,17H2,1H3. The number of hydrogen-bond acceptors (Lipinski definition) is 4. The SMILES string of the molecule is Cc1ccc(C(=O)c2ccc3c(c2)OCCO3)cc1N. The quantitative estimate of drug-likeness (QED) is 0.672. The lowest BCUT2D eigenvalue weighted by Gasteiger charge is -2.18. The lowest BCUT2D eigenvalue weighted by Crippen LogP contribution is -2.16. The number of nitrogen functional groups attached to an aromatic ring is 1. The number of ketones is 1. The van der Waals surface area contributed by atoms with Crippen molar-refractivity contribution < 1.29 is 14.3 Å². The minimum atomic E-state index is -0.0753. The molecular formula is C16H15NO3. The van der Waals surface area contributed by atoms with Crippen LogP contribution in [0.2, 0.25) is 0 Å². The van der Waals surface area contributed by atoms with Gasteiger partial charge < -0.3 is 15.2 Å². The summed E-state index contributed by atoms with van der Waals surface area (Å²) in [7, 11) is 0. The van der Waals surface area contributed by atoms with Crippen LogP contribution < -0.4 is 15.2 Å². The number of rotatable bonds is 2. The zero-order valence-electron chi connectivity index (χ0n) is 11.2. The number of benzene rings is 2. The molecule has 0 bridgehead atoms. The smallest absolute Gasteiger partial charge is 0.193 e. The molecule has 0 saturated heterocycles. The maximum Gasteiger partial charge on any atom is 0.193 e. The van der Waals surface area contributed by atoms with Gasteiger partial charge in [0, 0.05) is 16.8 Å². The molecule has 2 N–H and O–H groups in total. The van der Waals surface area contributed by atoms with Crippen molar-refractivity contribution in [3.63, 3.8) is 0 Å². The van der Waals surface area contributed by atoms with Gasteiger partial charge in [-0.05, 0) is 36.8 Å². The summed E-state index contributed by atoms with van der Waals surface area (Å²) in [6.45, 7) is 2.95. The summed E-state index contributed by atoms with van der Waals surface area (Å²) in [5.41, 5.74) is 8.57. The van der Waals surface area contributed by atoms with Crippen LogP contribution >= 0.6 is 0 Å². The Morgan fingerprint density at radius 3 is 2.40 bits per heavy atom. The molecule has 4 heteroatoms. The van der Waals surface area contributed by atoms with Crippen LogP contribution in [0.1, 0.15) is 21.5 Å². The summed E-state index contributed by atoms with van der Waals surface area (Å²) in [5.74, 6) is 1.21. The molecular weight excluding hydrogens is 254 g/mol. The number of fused-ring (bicyclic) bond motifs is 1. The van der Waals surface area contributed by atoms with Crippen LogP contribution in [0.25, 0.3) is 0 Å². The van der Waals surface area contributed by atoms with Gasteiger partial charge in [0.2, 0.25) is 0 Å². The van der Waals surface area contributed by atoms with Gasteiger partial charge in [0.25, 0.3) is 0 Å². The van der Waals surface area contributed by atoms with Crippen molar-refractivity contribution >= 4 is 11.5 Å². The Morgan fingerprint density at radius 1 is 1.00 bits per heavy atom. The molecule has 0 radical (unpaired) electrons. The number of carbonyl (C=O) groups excluding carboxylic acids is 1. The first-order valence-electron chi connectivity index (χ1n) is 6.45. The second-order valence-electron chi connectivity index (χ2n) is 4.76. The third-order valence-electron chi connectivity index (χ3n) is 3.35. The van der Waals surface area contributed by atoms with Gasteiger partial charge in [-0.25, -0.2) is 0 Å². The summed E-state index contributed by atoms with van der Waals surface area (Å²) in [4.78, 5) is 12.4. The number of ether oxygens (including phenoxy) is 2. The van der Waals surface area contributed by atoms with Crippen molar-refractivity contribution in [2.75, 3.05) is 18.9 Å². The van der Waals surface area contributed by atoms with Crippen LogP contribution in [0, 0.1) is 6.92 Å². The molecule has 0 aromatic heterocycles. The summed E-state index contributed by atoms with van der Waals surface area (Å²) < 4.78 is 10.9. The Bertz CT molecular complexity index is 679. The minimum absolute atomic E-state index is 0.0753. The fourth-order valence-electron chi connectivity index (χ4n) is 2.13. The van der Waals surface area contributed by atoms with E-state index in [9.17, 15) is 4.79 Å². The molecule has 0 atom stereocenters. The molecule has 1 aliphatic heterocycles. The van der Waals surface area contributed by atoms with Gasteiger partial charge in [0.15, 0.2) is 17.3 Å². The molecule has 0 unspecified atom stereocenters. The summed E-state index contributed by atoms with van der Waals surface area (Å²) in [6.07, 6.45) is 0. The van der Waals surface area contributed by atoms with Gasteiger partial charge in [-0.2, -0.15) is 0 Å². The van der Waals surface area contributed by atoms with Crippen LogP contribution in [-0.4, -0.2) is 19.0 Å². The molecule has 0 saturated carbocycles. The number of carbonyl (C=O) groups is 1. The average Bonchev–Trinajstić information content (AvgIpc) is 2.49. The molecule has 0 amide bonds. The zero-order valence-corrected chi connectivity index (χ0v) is 11.2. The Morgan fingerprint density at radius 2 is 1.65 bits per heavy atom. The van der Waals surface area contributed by atoms with Crippen molar-refractivity contribution in [3.8, 4) is 11.5 Å². The normalized spacial score (nSPS) is 13.1. The number of nitrogens with two attached hydrogens (primary N) is 1. The molecule has 0 spiro atoms. The van der Waals surface area contributed by atoms with Crippen molar-refractivity contribution in [2.45, 2.75) is 6.92 Å². The highest BCUT2D eigenvalue weighted by Gasteiger charge is 2.16. The molecule has 102 valence electrons. The maximum absolute atomic E-state index is 12.4. The van der Waals surface area contributed by atoms with Crippen molar-refractivity contribution in [1.82, 2.24) is 0 Å². The molecule has 0 aliphatic carbocycles. The van der Waals surface area contributed by atoms with E-state index >= 15 is 0 Å². The largest absolute Gasteiger partial charge is 0.486 e. The second-order valence-corrected chi connectivity index (χ2v) is 4.76. The first-order valence-corrected chi connectivity index (χ1v) is 6.45. The van der Waals surface area contributed by atoms with Gasteiger partial charge in [-0.15, -0.1) is 0 Å². The molecule has 2 aromatic rings. The lowest BCUT2D eigenvalue weighted by atomic mass is 10.0. The number of hydrogen-bond donors (Lipinski definition) is 1. The van der Waals surface area contributed by atoms with E-state index in [2.05, 4.69) is 0 Å². The second kappa shape index (κ2) is 4.89. The Kier molecular flexibility index (Phi) is 3.06. The van der Waals surface area contributed by atoms with E-state index in [0.717, 1.165) is 5.56 Å². The molecule has 20 heavy (non-hydrogen) atoms. The first-order chi connectivity index (χ1) is 9.65. The van der Waals surface area contributed by atoms with Crippen LogP contribution in [0.3, 0.4) is 0 Å². The zero-order chi connectivity index (χ0) is 14.1. The molecule has 2 aromatic carbocycles. The van der Waals surface area contributed by atoms with Crippen molar-refractivity contribution in [1.29, 1.82) is 0 Å². The number of aryl methyl sites for hydroxylation is 1. The van der Waals surface area contributed by atoms with Crippen LogP contribution in [0.4, 0.5) is 5.69 Å². The van der Waals surface area contributed by atoms with Crippen LogP contribution in [0.15, 0.2) is 36.4 Å². The minimum Gasteiger partial charge on any atom is -0.486 e. The van der Waals surface area contributed by atoms with Crippen molar-refractivity contribution in [2.24, 2.45) is 0 Å². The first kappa shape index (κ1) is 12.5. The van der Waals surface area contributed by atoms with Gasteiger partial charge in [0.1, 0.15) is 13.2 Å². The highest BCUT2D eigenvalue weighted by Crippen LogP contribution is 2.31. The lowest BCUT2D eigenvalue weighted by molar-refractivity contribution is 0.103. The van der Waals surface area contributed by atoms with Gasteiger partial charge in [-0.1, -0.05) is 12.1 Å². The van der Waals surface area contributed by atoms with Gasteiger partial charge in [-0.3, -0.25) is 4.79 Å². The molecule has 1 aliphatic rings. The van der Waals surface area contributed by atoms with E-state index in [-0.39, 0.29) is 5.78 Å². The van der Waals surface area contributed by atoms with E-state index in [1.807, 2.05) is 13.0 Å². The van der Waals surface area contributed by atoms with E-state index in [0.29, 0.717) is 41.5 Å². The highest BCUT2D eigenvalue weighted by atomic mass is 16.6. The third-order valence-corrected chi connectivity index (χ3v) is 3.35. The molecule has 4 nitrogen and oxygen atoms in total. The molecule has 1 heterocycles. The van der Waals surface area contributed by atoms with Crippen LogP contribution in [0.5, 0.6) is 11.5 Å². The average molecular weight is 269 g/mol. The van der Waals surface area contributed by atoms with Crippen molar-refractivity contribution in [3.05, 3.63) is 53.1 Å². The Hall–Kier alpha value is -2.49. The van der Waals surface area contributed by atoms with E-state index in [4.69, 9.17) is 15.2 Å². The summed E-state index contributed by atoms with van der Waals surface area (Å²) >= 11 is 0. The number of anilines is 1. The topological polar surface area (TPSA) is 61.5 Å². The molecule has 3 rings (SSSR count). The fraction of sp³-hybridized carbons (Fsp3) is 0.188. The maximum atomic E-state index is 12.4. The Balaban J connectivity index is 1.95. The van der Waals surface area contributed by atoms with E-state index in [1.54, 1.807) is 30.3 Å². The molecule has 0 fully saturated rings. The highest BCUT2D eigenvalue weighted by molar-refractivity contribution is 6.09.